The Labute approximate surface area is 145 Å². The van der Waals surface area contributed by atoms with Crippen LogP contribution in [0.1, 0.15) is 38.5 Å². The molecule has 1 fully saturated rings. The molecule has 1 saturated carbocycles. The summed E-state index contributed by atoms with van der Waals surface area (Å²) >= 11 is 7.35. The van der Waals surface area contributed by atoms with Crippen molar-refractivity contribution in [3.63, 3.8) is 0 Å². The highest BCUT2D eigenvalue weighted by molar-refractivity contribution is 7.10. The zero-order valence-corrected chi connectivity index (χ0v) is 15.1. The minimum atomic E-state index is -1.27. The Hall–Kier alpha value is -1.11. The first-order chi connectivity index (χ1) is 10.7. The van der Waals surface area contributed by atoms with Crippen molar-refractivity contribution in [2.75, 3.05) is 6.61 Å². The maximum absolute atomic E-state index is 12.2. The van der Waals surface area contributed by atoms with Crippen molar-refractivity contribution in [3.8, 4) is 0 Å². The topological polar surface area (TPSA) is 75.6 Å². The first kappa shape index (κ1) is 18.2. The van der Waals surface area contributed by atoms with E-state index in [0.717, 1.165) is 4.88 Å². The highest BCUT2D eigenvalue weighted by Gasteiger charge is 2.66. The van der Waals surface area contributed by atoms with Crippen molar-refractivity contribution in [3.05, 3.63) is 21.3 Å². The van der Waals surface area contributed by atoms with Crippen LogP contribution in [0, 0.1) is 5.41 Å². The smallest absolute Gasteiger partial charge is 0.330 e. The second kappa shape index (κ2) is 6.79. The minimum absolute atomic E-state index is 0.167. The molecule has 0 spiro atoms. The third kappa shape index (κ3) is 3.39. The van der Waals surface area contributed by atoms with Gasteiger partial charge < -0.3 is 15.2 Å². The van der Waals surface area contributed by atoms with Crippen molar-refractivity contribution in [2.45, 2.75) is 51.7 Å². The third-order valence-electron chi connectivity index (χ3n) is 4.70. The molecular formula is C16H22ClNO4S. The normalized spacial score (nSPS) is 25.7. The fraction of sp³-hybridized carbons (Fsp3) is 0.625. The molecule has 1 amide bonds. The molecule has 1 heterocycles. The Bertz CT molecular complexity index is 601. The zero-order valence-electron chi connectivity index (χ0n) is 13.5. The molecule has 7 heteroatoms. The summed E-state index contributed by atoms with van der Waals surface area (Å²) in [6.07, 6.45) is 0.912. The van der Waals surface area contributed by atoms with Gasteiger partial charge in [-0.05, 0) is 19.4 Å². The highest BCUT2D eigenvalue weighted by atomic mass is 35.5. The van der Waals surface area contributed by atoms with E-state index in [1.54, 1.807) is 0 Å². The van der Waals surface area contributed by atoms with E-state index in [9.17, 15) is 14.7 Å². The van der Waals surface area contributed by atoms with E-state index in [2.05, 4.69) is 5.32 Å². The molecule has 0 aromatic carbocycles. The van der Waals surface area contributed by atoms with E-state index < -0.39 is 16.9 Å². The third-order valence-corrected chi connectivity index (χ3v) is 6.05. The van der Waals surface area contributed by atoms with Gasteiger partial charge in [0.1, 0.15) is 5.54 Å². The number of hydrogen-bond donors (Lipinski definition) is 2. The van der Waals surface area contributed by atoms with Crippen LogP contribution in [0.3, 0.4) is 0 Å². The van der Waals surface area contributed by atoms with Gasteiger partial charge in [0.05, 0.1) is 11.1 Å². The van der Waals surface area contributed by atoms with E-state index in [-0.39, 0.29) is 18.4 Å². The lowest BCUT2D eigenvalue weighted by Gasteiger charge is -2.58. The zero-order chi connectivity index (χ0) is 17.3. The van der Waals surface area contributed by atoms with Crippen molar-refractivity contribution >= 4 is 34.8 Å². The predicted molar refractivity (Wildman–Crippen MR) is 90.0 cm³/mol. The minimum Gasteiger partial charge on any atom is -0.479 e. The average Bonchev–Trinajstić information content (AvgIpc) is 2.89. The highest BCUT2D eigenvalue weighted by Crippen LogP contribution is 2.51. The fourth-order valence-electron chi connectivity index (χ4n) is 3.06. The molecule has 1 aliphatic carbocycles. The van der Waals surface area contributed by atoms with Crippen LogP contribution in [-0.2, 0) is 20.7 Å². The van der Waals surface area contributed by atoms with E-state index >= 15 is 0 Å². The summed E-state index contributed by atoms with van der Waals surface area (Å²) in [6, 6.07) is 1.82. The Kier molecular flexibility index (Phi) is 5.38. The lowest BCUT2D eigenvalue weighted by molar-refractivity contribution is -0.194. The summed E-state index contributed by atoms with van der Waals surface area (Å²) in [5.41, 5.74) is -1.92. The largest absolute Gasteiger partial charge is 0.479 e. The number of aryl methyl sites for hydroxylation is 1. The molecule has 1 aliphatic rings. The molecule has 23 heavy (non-hydrogen) atoms. The molecule has 1 aromatic heterocycles. The molecule has 2 atom stereocenters. The first-order valence-corrected chi connectivity index (χ1v) is 8.87. The summed E-state index contributed by atoms with van der Waals surface area (Å²) in [7, 11) is 0. The number of carboxylic acids is 1. The van der Waals surface area contributed by atoms with Gasteiger partial charge in [0.15, 0.2) is 0 Å². The number of carbonyl (C=O) groups is 2. The van der Waals surface area contributed by atoms with Gasteiger partial charge in [0.25, 0.3) is 0 Å². The van der Waals surface area contributed by atoms with Crippen molar-refractivity contribution in [1.29, 1.82) is 0 Å². The molecule has 0 saturated heterocycles. The van der Waals surface area contributed by atoms with Crippen LogP contribution < -0.4 is 5.32 Å². The van der Waals surface area contributed by atoms with Gasteiger partial charge >= 0.3 is 5.97 Å². The van der Waals surface area contributed by atoms with Gasteiger partial charge in [-0.2, -0.15) is 0 Å². The number of amides is 1. The van der Waals surface area contributed by atoms with E-state index in [4.69, 9.17) is 16.3 Å². The molecule has 128 valence electrons. The summed E-state index contributed by atoms with van der Waals surface area (Å²) in [5, 5.41) is 14.9. The maximum atomic E-state index is 12.2. The van der Waals surface area contributed by atoms with Crippen molar-refractivity contribution in [1.82, 2.24) is 5.32 Å². The van der Waals surface area contributed by atoms with E-state index in [1.165, 1.54) is 11.3 Å². The lowest BCUT2D eigenvalue weighted by atomic mass is 9.54. The lowest BCUT2D eigenvalue weighted by Crippen LogP contribution is -2.76. The SMILES string of the molecule is CCOC1CC(NC(=O)CCc2cc(Cl)cs2)(C(=O)O)C1(C)C. The number of hydrogen-bond acceptors (Lipinski definition) is 4. The van der Waals surface area contributed by atoms with E-state index in [1.807, 2.05) is 32.2 Å². The molecule has 0 aliphatic heterocycles. The molecule has 5 nitrogen and oxygen atoms in total. The molecule has 2 N–H and O–H groups in total. The van der Waals surface area contributed by atoms with Crippen LogP contribution in [0.5, 0.6) is 0 Å². The van der Waals surface area contributed by atoms with Crippen LogP contribution in [0.15, 0.2) is 11.4 Å². The van der Waals surface area contributed by atoms with E-state index in [0.29, 0.717) is 24.5 Å². The molecule has 0 radical (unpaired) electrons. The Balaban J connectivity index is 2.00. The summed E-state index contributed by atoms with van der Waals surface area (Å²) < 4.78 is 5.58. The van der Waals surface area contributed by atoms with Crippen LogP contribution >= 0.6 is 22.9 Å². The monoisotopic (exact) mass is 359 g/mol. The number of rotatable bonds is 7. The van der Waals surface area contributed by atoms with Gasteiger partial charge in [-0.25, -0.2) is 4.79 Å². The Morgan fingerprint density at radius 3 is 2.70 bits per heavy atom. The van der Waals surface area contributed by atoms with Gasteiger partial charge in [0, 0.05) is 35.1 Å². The van der Waals surface area contributed by atoms with Crippen LogP contribution in [-0.4, -0.2) is 35.2 Å². The molecule has 2 rings (SSSR count). The second-order valence-corrected chi connectivity index (χ2v) is 7.79. The summed E-state index contributed by atoms with van der Waals surface area (Å²) in [5.74, 6) is -1.27. The van der Waals surface area contributed by atoms with Gasteiger partial charge in [-0.1, -0.05) is 25.4 Å². The number of halogens is 1. The predicted octanol–water partition coefficient (Wildman–Crippen LogP) is 3.11. The average molecular weight is 360 g/mol. The first-order valence-electron chi connectivity index (χ1n) is 7.62. The summed E-state index contributed by atoms with van der Waals surface area (Å²) in [6.45, 7) is 6.05. The number of carboxylic acid groups (broad SMARTS) is 1. The van der Waals surface area contributed by atoms with Crippen LogP contribution in [0.25, 0.3) is 0 Å². The second-order valence-electron chi connectivity index (χ2n) is 6.36. The molecule has 1 aromatic rings. The van der Waals surface area contributed by atoms with Gasteiger partial charge in [-0.15, -0.1) is 11.3 Å². The quantitative estimate of drug-likeness (QED) is 0.784. The number of thiophene rings is 1. The summed E-state index contributed by atoms with van der Waals surface area (Å²) in [4.78, 5) is 25.0. The van der Waals surface area contributed by atoms with Crippen molar-refractivity contribution < 1.29 is 19.4 Å². The number of ether oxygens (including phenoxy) is 1. The van der Waals surface area contributed by atoms with Crippen molar-refractivity contribution in [2.24, 2.45) is 5.41 Å². The fourth-order valence-corrected chi connectivity index (χ4v) is 4.14. The number of carbonyl (C=O) groups excluding carboxylic acids is 1. The van der Waals surface area contributed by atoms with Gasteiger partial charge in [0.2, 0.25) is 5.91 Å². The van der Waals surface area contributed by atoms with Crippen LogP contribution in [0.2, 0.25) is 5.02 Å². The Morgan fingerprint density at radius 1 is 1.52 bits per heavy atom. The molecular weight excluding hydrogens is 338 g/mol. The van der Waals surface area contributed by atoms with Gasteiger partial charge in [-0.3, -0.25) is 4.79 Å². The molecule has 0 bridgehead atoms. The van der Waals surface area contributed by atoms with Crippen LogP contribution in [0.4, 0.5) is 0 Å². The standard InChI is InChI=1S/C16H22ClNO4S/c1-4-22-12-8-16(14(20)21,15(12,2)3)18-13(19)6-5-11-7-10(17)9-23-11/h7,9,12H,4-6,8H2,1-3H3,(H,18,19)(H,20,21). The number of aliphatic carboxylic acids is 1. The maximum Gasteiger partial charge on any atom is 0.330 e. The number of nitrogens with one attached hydrogen (secondary N) is 1. The molecule has 2 unspecified atom stereocenters. The Morgan fingerprint density at radius 2 is 2.22 bits per heavy atom.